The summed E-state index contributed by atoms with van der Waals surface area (Å²) >= 11 is 5.84. The number of alkyl halides is 3. The lowest BCUT2D eigenvalue weighted by molar-refractivity contribution is -0.176. The lowest BCUT2D eigenvalue weighted by Crippen LogP contribution is -2.28. The zero-order chi connectivity index (χ0) is 19.0. The highest BCUT2D eigenvalue weighted by atomic mass is 35.5. The van der Waals surface area contributed by atoms with Gasteiger partial charge in [-0.05, 0) is 35.9 Å². The summed E-state index contributed by atoms with van der Waals surface area (Å²) in [7, 11) is 0. The highest BCUT2D eigenvalue weighted by Crippen LogP contribution is 2.17. The number of amides is 1. The molecule has 0 aliphatic heterocycles. The van der Waals surface area contributed by atoms with Gasteiger partial charge < -0.3 is 14.8 Å². The molecule has 0 radical (unpaired) electrons. The fraction of sp³-hybridized carbons (Fsp3) is 0.278. The van der Waals surface area contributed by atoms with E-state index >= 15 is 0 Å². The molecule has 0 atom stereocenters. The van der Waals surface area contributed by atoms with Crippen LogP contribution < -0.4 is 10.1 Å². The van der Waals surface area contributed by atoms with Crippen molar-refractivity contribution in [1.82, 2.24) is 5.32 Å². The fourth-order valence-electron chi connectivity index (χ4n) is 2.03. The minimum Gasteiger partial charge on any atom is -0.492 e. The largest absolute Gasteiger partial charge is 0.492 e. The van der Waals surface area contributed by atoms with Crippen LogP contribution in [0.25, 0.3) is 0 Å². The molecular formula is C18H17ClF3NO3. The summed E-state index contributed by atoms with van der Waals surface area (Å²) in [6, 6.07) is 13.1. The number of rotatable bonds is 8. The summed E-state index contributed by atoms with van der Waals surface area (Å²) in [5.74, 6) is 0.303. The number of halogens is 4. The second-order valence-electron chi connectivity index (χ2n) is 5.37. The Morgan fingerprint density at radius 1 is 1.12 bits per heavy atom. The number of carbonyl (C=O) groups excluding carboxylic acids is 1. The second kappa shape index (κ2) is 9.45. The van der Waals surface area contributed by atoms with Gasteiger partial charge in [-0.1, -0.05) is 29.8 Å². The first-order valence-electron chi connectivity index (χ1n) is 7.73. The minimum atomic E-state index is -4.35. The number of carbonyl (C=O) groups is 1. The average Bonchev–Trinajstić information content (AvgIpc) is 2.58. The van der Waals surface area contributed by atoms with Gasteiger partial charge in [-0.25, -0.2) is 0 Å². The van der Waals surface area contributed by atoms with E-state index in [9.17, 15) is 18.0 Å². The number of hydrogen-bond donors (Lipinski definition) is 1. The zero-order valence-corrected chi connectivity index (χ0v) is 14.4. The standard InChI is InChI=1S/C18H17ClF3NO3/c19-15-2-1-3-16(10-15)26-9-8-23-17(24)14-6-4-13(5-7-14)11-25-12-18(20,21)22/h1-7,10H,8-9,11-12H2,(H,23,24). The molecule has 8 heteroatoms. The van der Waals surface area contributed by atoms with Gasteiger partial charge in [0.25, 0.3) is 5.91 Å². The van der Waals surface area contributed by atoms with E-state index in [1.807, 2.05) is 0 Å². The molecule has 2 rings (SSSR count). The summed E-state index contributed by atoms with van der Waals surface area (Å²) in [6.45, 7) is -0.909. The monoisotopic (exact) mass is 387 g/mol. The molecule has 0 saturated carbocycles. The van der Waals surface area contributed by atoms with Crippen LogP contribution in [0.4, 0.5) is 13.2 Å². The Bertz CT molecular complexity index is 720. The molecule has 0 bridgehead atoms. The summed E-state index contributed by atoms with van der Waals surface area (Å²) in [4.78, 5) is 12.0. The SMILES string of the molecule is O=C(NCCOc1cccc(Cl)c1)c1ccc(COCC(F)(F)F)cc1. The first kappa shape index (κ1) is 20.1. The Morgan fingerprint density at radius 3 is 2.50 bits per heavy atom. The maximum atomic E-state index is 12.0. The highest BCUT2D eigenvalue weighted by Gasteiger charge is 2.27. The van der Waals surface area contributed by atoms with Gasteiger partial charge in [-0.2, -0.15) is 13.2 Å². The topological polar surface area (TPSA) is 47.6 Å². The average molecular weight is 388 g/mol. The van der Waals surface area contributed by atoms with Crippen molar-refractivity contribution in [3.63, 3.8) is 0 Å². The number of nitrogens with one attached hydrogen (secondary N) is 1. The van der Waals surface area contributed by atoms with Crippen LogP contribution in [0.5, 0.6) is 5.75 Å². The molecule has 26 heavy (non-hydrogen) atoms. The van der Waals surface area contributed by atoms with Gasteiger partial charge in [0.05, 0.1) is 13.2 Å². The van der Waals surface area contributed by atoms with Crippen LogP contribution in [-0.2, 0) is 11.3 Å². The van der Waals surface area contributed by atoms with Crippen molar-refractivity contribution in [3.05, 3.63) is 64.7 Å². The number of ether oxygens (including phenoxy) is 2. The third-order valence-corrected chi connectivity index (χ3v) is 3.44. The smallest absolute Gasteiger partial charge is 0.411 e. The second-order valence-corrected chi connectivity index (χ2v) is 5.80. The van der Waals surface area contributed by atoms with Gasteiger partial charge in [0, 0.05) is 10.6 Å². The van der Waals surface area contributed by atoms with Gasteiger partial charge in [0.2, 0.25) is 0 Å². The van der Waals surface area contributed by atoms with Crippen molar-refractivity contribution in [2.45, 2.75) is 12.8 Å². The third kappa shape index (κ3) is 7.33. The predicted octanol–water partition coefficient (Wildman–Crippen LogP) is 4.23. The Morgan fingerprint density at radius 2 is 1.85 bits per heavy atom. The van der Waals surface area contributed by atoms with E-state index in [1.54, 1.807) is 36.4 Å². The summed E-state index contributed by atoms with van der Waals surface area (Å²) in [5.41, 5.74) is 0.947. The molecule has 0 heterocycles. The van der Waals surface area contributed by atoms with E-state index in [1.165, 1.54) is 12.1 Å². The maximum Gasteiger partial charge on any atom is 0.411 e. The van der Waals surface area contributed by atoms with Crippen molar-refractivity contribution in [3.8, 4) is 5.75 Å². The van der Waals surface area contributed by atoms with Crippen molar-refractivity contribution in [1.29, 1.82) is 0 Å². The normalized spacial score (nSPS) is 11.2. The lowest BCUT2D eigenvalue weighted by atomic mass is 10.1. The molecule has 0 saturated heterocycles. The Balaban J connectivity index is 1.72. The zero-order valence-electron chi connectivity index (χ0n) is 13.7. The van der Waals surface area contributed by atoms with E-state index in [0.29, 0.717) is 28.4 Å². The maximum absolute atomic E-state index is 12.0. The quantitative estimate of drug-likeness (QED) is 0.690. The molecule has 0 spiro atoms. The van der Waals surface area contributed by atoms with E-state index in [0.717, 1.165) is 0 Å². The van der Waals surface area contributed by atoms with Gasteiger partial charge >= 0.3 is 6.18 Å². The van der Waals surface area contributed by atoms with Crippen LogP contribution in [0.1, 0.15) is 15.9 Å². The van der Waals surface area contributed by atoms with Crippen LogP contribution >= 0.6 is 11.6 Å². The molecule has 1 N–H and O–H groups in total. The molecule has 0 fully saturated rings. The third-order valence-electron chi connectivity index (χ3n) is 3.20. The Kier molecular flexibility index (Phi) is 7.29. The molecule has 1 amide bonds. The molecule has 0 aromatic heterocycles. The van der Waals surface area contributed by atoms with Crippen molar-refractivity contribution >= 4 is 17.5 Å². The molecule has 2 aromatic rings. The van der Waals surface area contributed by atoms with Crippen LogP contribution in [0.3, 0.4) is 0 Å². The van der Waals surface area contributed by atoms with Crippen molar-refractivity contribution in [2.24, 2.45) is 0 Å². The first-order valence-corrected chi connectivity index (χ1v) is 8.11. The summed E-state index contributed by atoms with van der Waals surface area (Å²) in [5, 5.41) is 3.25. The minimum absolute atomic E-state index is 0.172. The molecule has 0 aliphatic rings. The van der Waals surface area contributed by atoms with Crippen LogP contribution in [-0.4, -0.2) is 31.8 Å². The fourth-order valence-corrected chi connectivity index (χ4v) is 2.21. The lowest BCUT2D eigenvalue weighted by Gasteiger charge is -2.09. The van der Waals surface area contributed by atoms with Crippen molar-refractivity contribution in [2.75, 3.05) is 19.8 Å². The van der Waals surface area contributed by atoms with Gasteiger partial charge in [-0.15, -0.1) is 0 Å². The number of benzene rings is 2. The van der Waals surface area contributed by atoms with Crippen LogP contribution in [0.2, 0.25) is 5.02 Å². The van der Waals surface area contributed by atoms with Gasteiger partial charge in [-0.3, -0.25) is 4.79 Å². The molecule has 140 valence electrons. The summed E-state index contributed by atoms with van der Waals surface area (Å²) < 4.78 is 46.0. The molecule has 0 unspecified atom stereocenters. The van der Waals surface area contributed by atoms with E-state index in [-0.39, 0.29) is 19.1 Å². The van der Waals surface area contributed by atoms with E-state index in [2.05, 4.69) is 10.1 Å². The summed E-state index contributed by atoms with van der Waals surface area (Å²) in [6.07, 6.45) is -4.35. The first-order chi connectivity index (χ1) is 12.3. The molecule has 2 aromatic carbocycles. The predicted molar refractivity (Wildman–Crippen MR) is 91.4 cm³/mol. The van der Waals surface area contributed by atoms with Crippen LogP contribution in [0.15, 0.2) is 48.5 Å². The van der Waals surface area contributed by atoms with Gasteiger partial charge in [0.1, 0.15) is 19.0 Å². The molecule has 4 nitrogen and oxygen atoms in total. The number of hydrogen-bond acceptors (Lipinski definition) is 3. The van der Waals surface area contributed by atoms with Gasteiger partial charge in [0.15, 0.2) is 0 Å². The Hall–Kier alpha value is -2.25. The molecule has 0 aliphatic carbocycles. The Labute approximate surface area is 153 Å². The van der Waals surface area contributed by atoms with E-state index < -0.39 is 12.8 Å². The molecular weight excluding hydrogens is 371 g/mol. The van der Waals surface area contributed by atoms with Crippen molar-refractivity contribution < 1.29 is 27.4 Å². The highest BCUT2D eigenvalue weighted by molar-refractivity contribution is 6.30. The van der Waals surface area contributed by atoms with Crippen LogP contribution in [0, 0.1) is 0 Å². The van der Waals surface area contributed by atoms with E-state index in [4.69, 9.17) is 16.3 Å².